The van der Waals surface area contributed by atoms with Crippen LogP contribution in [0.4, 0.5) is 0 Å². The van der Waals surface area contributed by atoms with Gasteiger partial charge < -0.3 is 20.3 Å². The second-order valence-corrected chi connectivity index (χ2v) is 25.3. The van der Waals surface area contributed by atoms with E-state index in [0.29, 0.717) is 19.4 Å². The highest BCUT2D eigenvalue weighted by atomic mass is 16.5. The molecule has 0 aromatic rings. The van der Waals surface area contributed by atoms with Crippen LogP contribution in [0.25, 0.3) is 0 Å². The van der Waals surface area contributed by atoms with Gasteiger partial charge in [-0.25, -0.2) is 0 Å². The Kier molecular flexibility index (Phi) is 68.4. The number of aliphatic hydroxyl groups excluding tert-OH is 2. The topological polar surface area (TPSA) is 95.9 Å². The summed E-state index contributed by atoms with van der Waals surface area (Å²) in [6.07, 6.45) is 88.3. The second kappa shape index (κ2) is 69.8. The molecule has 0 aromatic carbocycles. The molecule has 3 N–H and O–H groups in total. The average Bonchev–Trinajstić information content (AvgIpc) is 3.46. The lowest BCUT2D eigenvalue weighted by atomic mass is 10.0. The quantitative estimate of drug-likeness (QED) is 0.0320. The molecule has 6 heteroatoms. The van der Waals surface area contributed by atoms with Crippen molar-refractivity contribution in [3.8, 4) is 0 Å². The number of carbonyl (C=O) groups excluding carboxylic acids is 2. The van der Waals surface area contributed by atoms with Crippen LogP contribution in [0.15, 0.2) is 24.3 Å². The Balaban J connectivity index is 3.43. The van der Waals surface area contributed by atoms with E-state index in [9.17, 15) is 19.8 Å². The highest BCUT2D eigenvalue weighted by Gasteiger charge is 2.18. The van der Waals surface area contributed by atoms with Gasteiger partial charge in [-0.3, -0.25) is 9.59 Å². The van der Waals surface area contributed by atoms with Crippen molar-refractivity contribution in [2.24, 2.45) is 0 Å². The Bertz CT molecular complexity index is 1250. The number of allylic oxidation sites excluding steroid dienone is 3. The lowest BCUT2D eigenvalue weighted by molar-refractivity contribution is -0.143. The van der Waals surface area contributed by atoms with E-state index in [2.05, 4.69) is 31.3 Å². The molecule has 0 aliphatic heterocycles. The van der Waals surface area contributed by atoms with Gasteiger partial charge in [0, 0.05) is 12.8 Å². The van der Waals surface area contributed by atoms with Crippen LogP contribution in [0, 0.1) is 0 Å². The molecule has 0 rings (SSSR count). The largest absolute Gasteiger partial charge is 0.466 e. The van der Waals surface area contributed by atoms with Crippen molar-refractivity contribution >= 4 is 11.9 Å². The summed E-state index contributed by atoms with van der Waals surface area (Å²) in [5.74, 6) is -0.0580. The van der Waals surface area contributed by atoms with Crippen molar-refractivity contribution in [1.82, 2.24) is 5.32 Å². The Hall–Kier alpha value is -1.66. The van der Waals surface area contributed by atoms with Gasteiger partial charge in [0.1, 0.15) is 0 Å². The molecular weight excluding hydrogens is 983 g/mol. The van der Waals surface area contributed by atoms with E-state index in [1.807, 2.05) is 6.08 Å². The Morgan fingerprint density at radius 3 is 0.887 bits per heavy atom. The van der Waals surface area contributed by atoms with Gasteiger partial charge in [-0.1, -0.05) is 366 Å². The van der Waals surface area contributed by atoms with Crippen LogP contribution in [-0.2, 0) is 14.3 Å². The third kappa shape index (κ3) is 65.5. The molecule has 6 nitrogen and oxygen atoms in total. The predicted molar refractivity (Wildman–Crippen MR) is 352 cm³/mol. The molecule has 0 fully saturated rings. The molecule has 0 saturated carbocycles. The minimum absolute atomic E-state index is 0.0131. The maximum Gasteiger partial charge on any atom is 0.305 e. The maximum absolute atomic E-state index is 12.5. The van der Waals surface area contributed by atoms with Gasteiger partial charge in [-0.05, 0) is 57.8 Å². The van der Waals surface area contributed by atoms with Crippen molar-refractivity contribution in [2.45, 2.75) is 424 Å². The van der Waals surface area contributed by atoms with E-state index in [1.165, 1.54) is 340 Å². The van der Waals surface area contributed by atoms with Crippen LogP contribution in [0.5, 0.6) is 0 Å². The Morgan fingerprint density at radius 1 is 0.338 bits per heavy atom. The van der Waals surface area contributed by atoms with Crippen LogP contribution in [0.3, 0.4) is 0 Å². The number of nitrogens with one attached hydrogen (secondary N) is 1. The van der Waals surface area contributed by atoms with Crippen LogP contribution in [-0.4, -0.2) is 47.4 Å². The number of unbranched alkanes of at least 4 members (excludes halogenated alkanes) is 56. The zero-order valence-electron chi connectivity index (χ0n) is 54.3. The standard InChI is InChI=1S/C74H143NO5/c1-3-5-7-9-11-13-15-17-19-21-23-24-25-26-28-31-34-38-42-46-50-54-58-62-66-72(77)71(70-76)75-73(78)67-63-59-55-51-47-43-39-35-32-29-27-30-33-37-41-45-49-53-57-61-65-69-80-74(79)68-64-60-56-52-48-44-40-36-22-20-18-16-14-12-10-8-6-4-2/h29,32,62,66,71-72,76-77H,3-28,30-31,33-61,63-65,67-70H2,1-2H3,(H,75,78)/b32-29-,66-62+. The maximum atomic E-state index is 12.5. The fourth-order valence-electron chi connectivity index (χ4n) is 11.6. The number of carbonyl (C=O) groups is 2. The number of rotatable bonds is 69. The number of hydrogen-bond donors (Lipinski definition) is 3. The molecule has 0 heterocycles. The summed E-state index contributed by atoms with van der Waals surface area (Å²) in [5.41, 5.74) is 0. The first-order chi connectivity index (χ1) is 39.5. The molecule has 80 heavy (non-hydrogen) atoms. The third-order valence-electron chi connectivity index (χ3n) is 17.2. The molecule has 2 atom stereocenters. The zero-order chi connectivity index (χ0) is 57.8. The highest BCUT2D eigenvalue weighted by molar-refractivity contribution is 5.76. The summed E-state index contributed by atoms with van der Waals surface area (Å²) < 4.78 is 5.51. The fraction of sp³-hybridized carbons (Fsp3) is 0.919. The van der Waals surface area contributed by atoms with E-state index in [1.54, 1.807) is 6.08 Å². The first kappa shape index (κ1) is 78.3. The van der Waals surface area contributed by atoms with Crippen molar-refractivity contribution in [3.63, 3.8) is 0 Å². The monoisotopic (exact) mass is 1130 g/mol. The molecule has 2 unspecified atom stereocenters. The normalized spacial score (nSPS) is 12.6. The SMILES string of the molecule is CCCCCCCCCCCCCCCCCCCCCCCC/C=C/C(O)C(CO)NC(=O)CCCCCCCCC/C=C\CCCCCCCCCCCCOC(=O)CCCCCCCCCCCCCCCCCCCC. The molecular formula is C74H143NO5. The molecule has 0 spiro atoms. The molecule has 0 aliphatic carbocycles. The van der Waals surface area contributed by atoms with Gasteiger partial charge in [0.15, 0.2) is 0 Å². The Labute approximate surface area is 501 Å². The van der Waals surface area contributed by atoms with Crippen molar-refractivity contribution in [3.05, 3.63) is 24.3 Å². The molecule has 0 radical (unpaired) electrons. The van der Waals surface area contributed by atoms with Gasteiger partial charge >= 0.3 is 5.97 Å². The molecule has 0 aromatic heterocycles. The van der Waals surface area contributed by atoms with Crippen molar-refractivity contribution in [2.75, 3.05) is 13.2 Å². The van der Waals surface area contributed by atoms with Crippen molar-refractivity contribution in [1.29, 1.82) is 0 Å². The summed E-state index contributed by atoms with van der Waals surface area (Å²) in [5, 5.41) is 23.3. The smallest absolute Gasteiger partial charge is 0.305 e. The van der Waals surface area contributed by atoms with E-state index in [-0.39, 0.29) is 18.5 Å². The molecule has 0 bridgehead atoms. The number of amides is 1. The van der Waals surface area contributed by atoms with Gasteiger partial charge in [-0.2, -0.15) is 0 Å². The van der Waals surface area contributed by atoms with Gasteiger partial charge in [0.25, 0.3) is 0 Å². The minimum Gasteiger partial charge on any atom is -0.466 e. The Morgan fingerprint density at radius 2 is 0.588 bits per heavy atom. The van der Waals surface area contributed by atoms with Gasteiger partial charge in [0.05, 0.1) is 25.4 Å². The average molecular weight is 1130 g/mol. The lowest BCUT2D eigenvalue weighted by Gasteiger charge is -2.20. The van der Waals surface area contributed by atoms with E-state index in [0.717, 1.165) is 44.9 Å². The first-order valence-electron chi connectivity index (χ1n) is 36.6. The molecule has 0 saturated heterocycles. The number of aliphatic hydroxyl groups is 2. The van der Waals surface area contributed by atoms with Gasteiger partial charge in [0.2, 0.25) is 5.91 Å². The minimum atomic E-state index is -0.851. The summed E-state index contributed by atoms with van der Waals surface area (Å²) in [7, 11) is 0. The van der Waals surface area contributed by atoms with E-state index < -0.39 is 12.1 Å². The summed E-state index contributed by atoms with van der Waals surface area (Å²) in [6.45, 7) is 4.95. The number of esters is 1. The molecule has 1 amide bonds. The second-order valence-electron chi connectivity index (χ2n) is 25.3. The molecule has 474 valence electrons. The van der Waals surface area contributed by atoms with Crippen LogP contribution in [0.1, 0.15) is 412 Å². The van der Waals surface area contributed by atoms with Crippen LogP contribution >= 0.6 is 0 Å². The summed E-state index contributed by atoms with van der Waals surface area (Å²) in [4.78, 5) is 24.6. The van der Waals surface area contributed by atoms with Crippen LogP contribution < -0.4 is 5.32 Å². The van der Waals surface area contributed by atoms with Crippen molar-refractivity contribution < 1.29 is 24.5 Å². The predicted octanol–water partition coefficient (Wildman–Crippen LogP) is 23.7. The molecule has 0 aliphatic rings. The highest BCUT2D eigenvalue weighted by Crippen LogP contribution is 2.19. The van der Waals surface area contributed by atoms with Crippen LogP contribution in [0.2, 0.25) is 0 Å². The number of hydrogen-bond acceptors (Lipinski definition) is 5. The number of ether oxygens (including phenoxy) is 1. The van der Waals surface area contributed by atoms with E-state index >= 15 is 0 Å². The van der Waals surface area contributed by atoms with E-state index in [4.69, 9.17) is 4.74 Å². The summed E-state index contributed by atoms with van der Waals surface area (Å²) >= 11 is 0. The first-order valence-corrected chi connectivity index (χ1v) is 36.6. The van der Waals surface area contributed by atoms with Gasteiger partial charge in [-0.15, -0.1) is 0 Å². The third-order valence-corrected chi connectivity index (χ3v) is 17.2. The summed E-state index contributed by atoms with van der Waals surface area (Å²) in [6, 6.07) is -0.635. The fourth-order valence-corrected chi connectivity index (χ4v) is 11.6. The zero-order valence-corrected chi connectivity index (χ0v) is 54.3. The lowest BCUT2D eigenvalue weighted by Crippen LogP contribution is -2.45.